The highest BCUT2D eigenvalue weighted by atomic mass is 16.5. The first kappa shape index (κ1) is 12.1. The average molecular weight is 248 g/mol. The largest absolute Gasteiger partial charge is 0.488 e. The molecule has 1 heterocycles. The van der Waals surface area contributed by atoms with Crippen LogP contribution in [0.5, 0.6) is 5.75 Å². The van der Waals surface area contributed by atoms with Crippen LogP contribution in [-0.2, 0) is 6.61 Å². The maximum atomic E-state index is 5.94. The molecule has 3 rings (SSSR count). The second-order valence-corrected chi connectivity index (χ2v) is 4.85. The molecule has 0 bridgehead atoms. The van der Waals surface area contributed by atoms with Crippen molar-refractivity contribution in [3.8, 4) is 5.75 Å². The number of ether oxygens (including phenoxy) is 1. The Bertz CT molecular complexity index is 567. The molecule has 1 aliphatic rings. The molecule has 0 saturated carbocycles. The van der Waals surface area contributed by atoms with E-state index in [1.165, 1.54) is 22.3 Å². The monoisotopic (exact) mass is 248 g/mol. The molecule has 1 nitrogen and oxygen atoms in total. The number of benzene rings is 2. The van der Waals surface area contributed by atoms with E-state index in [2.05, 4.69) is 56.4 Å². The normalized spacial score (nSPS) is 15.3. The van der Waals surface area contributed by atoms with E-state index < -0.39 is 0 Å². The molecule has 19 heavy (non-hydrogen) atoms. The molecule has 0 saturated heterocycles. The summed E-state index contributed by atoms with van der Waals surface area (Å²) in [6, 6.07) is 16.9. The maximum Gasteiger partial charge on any atom is 0.127 e. The Morgan fingerprint density at radius 3 is 2.58 bits per heavy atom. The van der Waals surface area contributed by atoms with Gasteiger partial charge in [0.05, 0.1) is 0 Å². The first-order valence-electron chi connectivity index (χ1n) is 6.91. The second-order valence-electron chi connectivity index (χ2n) is 4.85. The number of fused-ring (bicyclic) bond motifs is 2. The average Bonchev–Trinajstić information content (AvgIpc) is 2.62. The standard InChI is InChI=1S/C17H17BO/c18-11-5-9-15-14-7-2-1-6-13(14)12-19-17-10-4-3-8-16(15)17/h1-4,6-10H,5,11-12,18H2/b15-9-. The summed E-state index contributed by atoms with van der Waals surface area (Å²) in [6.45, 7) is 0.649. The van der Waals surface area contributed by atoms with E-state index in [1.807, 2.05) is 6.07 Å². The van der Waals surface area contributed by atoms with Crippen molar-refractivity contribution in [2.45, 2.75) is 19.3 Å². The number of hydrogen-bond donors (Lipinski definition) is 0. The quantitative estimate of drug-likeness (QED) is 0.739. The molecule has 0 amide bonds. The summed E-state index contributed by atoms with van der Waals surface area (Å²) in [5.41, 5.74) is 5.09. The van der Waals surface area contributed by atoms with Crippen molar-refractivity contribution < 1.29 is 4.74 Å². The Morgan fingerprint density at radius 1 is 1.00 bits per heavy atom. The molecule has 2 aromatic carbocycles. The Balaban J connectivity index is 2.19. The molecule has 0 radical (unpaired) electrons. The van der Waals surface area contributed by atoms with Crippen LogP contribution in [0.3, 0.4) is 0 Å². The number of hydrogen-bond acceptors (Lipinski definition) is 1. The van der Waals surface area contributed by atoms with Gasteiger partial charge in [0.15, 0.2) is 0 Å². The fourth-order valence-electron chi connectivity index (χ4n) is 2.53. The lowest BCUT2D eigenvalue weighted by molar-refractivity contribution is 0.307. The zero-order valence-corrected chi connectivity index (χ0v) is 11.2. The lowest BCUT2D eigenvalue weighted by atomic mass is 9.91. The van der Waals surface area contributed by atoms with Crippen molar-refractivity contribution in [2.75, 3.05) is 0 Å². The third-order valence-electron chi connectivity index (χ3n) is 3.51. The van der Waals surface area contributed by atoms with Gasteiger partial charge in [-0.3, -0.25) is 0 Å². The highest BCUT2D eigenvalue weighted by Gasteiger charge is 2.17. The minimum Gasteiger partial charge on any atom is -0.488 e. The SMILES string of the molecule is BCC/C=C1/c2ccccc2COc2ccccc21. The molecule has 0 unspecified atom stereocenters. The van der Waals surface area contributed by atoms with Crippen LogP contribution in [0.25, 0.3) is 5.57 Å². The van der Waals surface area contributed by atoms with Crippen LogP contribution >= 0.6 is 0 Å². The minimum absolute atomic E-state index is 0.649. The smallest absolute Gasteiger partial charge is 0.127 e. The first-order valence-corrected chi connectivity index (χ1v) is 6.91. The van der Waals surface area contributed by atoms with Crippen LogP contribution in [0, 0.1) is 0 Å². The van der Waals surface area contributed by atoms with E-state index in [-0.39, 0.29) is 0 Å². The number of allylic oxidation sites excluding steroid dienone is 1. The van der Waals surface area contributed by atoms with Gasteiger partial charge in [0.2, 0.25) is 0 Å². The van der Waals surface area contributed by atoms with Crippen LogP contribution in [0.15, 0.2) is 54.6 Å². The maximum absolute atomic E-state index is 5.94. The summed E-state index contributed by atoms with van der Waals surface area (Å²) in [7, 11) is 2.21. The lowest BCUT2D eigenvalue weighted by Gasteiger charge is -2.10. The summed E-state index contributed by atoms with van der Waals surface area (Å²) < 4.78 is 5.94. The predicted octanol–water partition coefficient (Wildman–Crippen LogP) is 3.45. The lowest BCUT2D eigenvalue weighted by Crippen LogP contribution is -1.94. The summed E-state index contributed by atoms with van der Waals surface area (Å²) in [4.78, 5) is 0. The summed E-state index contributed by atoms with van der Waals surface area (Å²) in [5, 5.41) is 0. The molecule has 0 atom stereocenters. The zero-order valence-electron chi connectivity index (χ0n) is 11.2. The van der Waals surface area contributed by atoms with Gasteiger partial charge in [0.25, 0.3) is 0 Å². The molecule has 0 aromatic heterocycles. The van der Waals surface area contributed by atoms with Gasteiger partial charge >= 0.3 is 0 Å². The van der Waals surface area contributed by atoms with Crippen molar-refractivity contribution in [1.82, 2.24) is 0 Å². The molecule has 0 N–H and O–H groups in total. The topological polar surface area (TPSA) is 9.23 Å². The first-order chi connectivity index (χ1) is 9.40. The van der Waals surface area contributed by atoms with Gasteiger partial charge in [-0.2, -0.15) is 0 Å². The van der Waals surface area contributed by atoms with E-state index in [4.69, 9.17) is 4.74 Å². The minimum atomic E-state index is 0.649. The van der Waals surface area contributed by atoms with Gasteiger partial charge in [-0.25, -0.2) is 0 Å². The Labute approximate surface area is 115 Å². The van der Waals surface area contributed by atoms with E-state index in [0.717, 1.165) is 18.5 Å². The number of rotatable bonds is 2. The van der Waals surface area contributed by atoms with Gasteiger partial charge in [0.1, 0.15) is 20.2 Å². The highest BCUT2D eigenvalue weighted by Crippen LogP contribution is 2.36. The van der Waals surface area contributed by atoms with E-state index >= 15 is 0 Å². The molecule has 2 heteroatoms. The Hall–Kier alpha value is -1.96. The van der Waals surface area contributed by atoms with Crippen molar-refractivity contribution >= 4 is 13.4 Å². The number of para-hydroxylation sites is 1. The molecule has 0 aliphatic carbocycles. The van der Waals surface area contributed by atoms with Gasteiger partial charge in [-0.15, -0.1) is 0 Å². The predicted molar refractivity (Wildman–Crippen MR) is 82.3 cm³/mol. The van der Waals surface area contributed by atoms with E-state index in [9.17, 15) is 0 Å². The molecule has 2 aromatic rings. The van der Waals surface area contributed by atoms with Crippen molar-refractivity contribution in [3.05, 3.63) is 71.3 Å². The van der Waals surface area contributed by atoms with Crippen LogP contribution in [-0.4, -0.2) is 7.85 Å². The van der Waals surface area contributed by atoms with Crippen LogP contribution in [0.1, 0.15) is 23.1 Å². The van der Waals surface area contributed by atoms with Gasteiger partial charge in [-0.1, -0.05) is 54.9 Å². The van der Waals surface area contributed by atoms with Crippen molar-refractivity contribution in [2.24, 2.45) is 0 Å². The summed E-state index contributed by atoms with van der Waals surface area (Å²) in [5.74, 6) is 0.987. The summed E-state index contributed by atoms with van der Waals surface area (Å²) in [6.07, 6.45) is 4.60. The van der Waals surface area contributed by atoms with Crippen molar-refractivity contribution in [1.29, 1.82) is 0 Å². The van der Waals surface area contributed by atoms with Crippen LogP contribution < -0.4 is 4.74 Å². The second kappa shape index (κ2) is 5.35. The van der Waals surface area contributed by atoms with E-state index in [1.54, 1.807) is 0 Å². The van der Waals surface area contributed by atoms with Gasteiger partial charge < -0.3 is 4.74 Å². The highest BCUT2D eigenvalue weighted by molar-refractivity contribution is 6.08. The Kier molecular flexibility index (Phi) is 3.41. The molecule has 0 fully saturated rings. The summed E-state index contributed by atoms with van der Waals surface area (Å²) >= 11 is 0. The third kappa shape index (κ3) is 2.31. The molecule has 94 valence electrons. The van der Waals surface area contributed by atoms with Crippen LogP contribution in [0.2, 0.25) is 6.32 Å². The fourth-order valence-corrected chi connectivity index (χ4v) is 2.53. The van der Waals surface area contributed by atoms with Crippen LogP contribution in [0.4, 0.5) is 0 Å². The van der Waals surface area contributed by atoms with Gasteiger partial charge in [-0.05, 0) is 29.2 Å². The third-order valence-corrected chi connectivity index (χ3v) is 3.51. The molecular weight excluding hydrogens is 231 g/mol. The van der Waals surface area contributed by atoms with E-state index in [0.29, 0.717) is 6.61 Å². The molecular formula is C17H17BO. The fraction of sp³-hybridized carbons (Fsp3) is 0.176. The zero-order chi connectivity index (χ0) is 13.1. The van der Waals surface area contributed by atoms with Crippen molar-refractivity contribution in [3.63, 3.8) is 0 Å². The molecule has 1 aliphatic heterocycles. The Morgan fingerprint density at radius 2 is 1.74 bits per heavy atom. The van der Waals surface area contributed by atoms with Gasteiger partial charge in [0, 0.05) is 5.56 Å². The molecule has 0 spiro atoms.